The van der Waals surface area contributed by atoms with Gasteiger partial charge in [-0.05, 0) is 30.9 Å². The summed E-state index contributed by atoms with van der Waals surface area (Å²) in [6.07, 6.45) is 0.949. The standard InChI is InChI=1S/C17H20N4O4/c1-10(2)14(16(23)20-9-5-8-13(20)17(24)25)21-15(22)11-6-3-4-7-12(11)18-19-21/h3-4,6-7,10,13-14H,5,8-9H2,1-2H3,(H,24,25)/p-1/t13-,14-/m1/s1. The van der Waals surface area contributed by atoms with Crippen LogP contribution < -0.4 is 10.7 Å². The van der Waals surface area contributed by atoms with E-state index in [9.17, 15) is 19.5 Å². The van der Waals surface area contributed by atoms with Gasteiger partial charge in [-0.15, -0.1) is 5.10 Å². The quantitative estimate of drug-likeness (QED) is 0.756. The van der Waals surface area contributed by atoms with Crippen LogP contribution >= 0.6 is 0 Å². The van der Waals surface area contributed by atoms with Gasteiger partial charge in [0.25, 0.3) is 5.56 Å². The highest BCUT2D eigenvalue weighted by atomic mass is 16.4. The monoisotopic (exact) mass is 343 g/mol. The Bertz CT molecular complexity index is 876. The minimum absolute atomic E-state index is 0.260. The summed E-state index contributed by atoms with van der Waals surface area (Å²) in [6, 6.07) is 4.90. The molecule has 0 N–H and O–H groups in total. The average Bonchev–Trinajstić information content (AvgIpc) is 3.07. The molecule has 2 heterocycles. The molecule has 1 saturated heterocycles. The first kappa shape index (κ1) is 17.1. The molecule has 0 aliphatic carbocycles. The Balaban J connectivity index is 2.05. The number of aliphatic carboxylic acids is 1. The van der Waals surface area contributed by atoms with Gasteiger partial charge in [0, 0.05) is 6.54 Å². The van der Waals surface area contributed by atoms with Crippen molar-refractivity contribution in [2.45, 2.75) is 38.8 Å². The Morgan fingerprint density at radius 2 is 2.00 bits per heavy atom. The average molecular weight is 343 g/mol. The van der Waals surface area contributed by atoms with Crippen molar-refractivity contribution in [3.8, 4) is 0 Å². The van der Waals surface area contributed by atoms with E-state index in [0.717, 1.165) is 4.68 Å². The summed E-state index contributed by atoms with van der Waals surface area (Å²) in [5.41, 5.74) is 0.0364. The lowest BCUT2D eigenvalue weighted by Gasteiger charge is -2.31. The van der Waals surface area contributed by atoms with E-state index in [2.05, 4.69) is 10.3 Å². The van der Waals surface area contributed by atoms with E-state index in [0.29, 0.717) is 30.3 Å². The number of carbonyl (C=O) groups is 2. The lowest BCUT2D eigenvalue weighted by atomic mass is 10.0. The van der Waals surface area contributed by atoms with E-state index in [1.165, 1.54) is 4.90 Å². The second-order valence-electron chi connectivity index (χ2n) is 6.55. The van der Waals surface area contributed by atoms with Crippen molar-refractivity contribution in [3.63, 3.8) is 0 Å². The first-order chi connectivity index (χ1) is 11.9. The van der Waals surface area contributed by atoms with Crippen LogP contribution in [0, 0.1) is 5.92 Å². The molecule has 1 aliphatic rings. The maximum Gasteiger partial charge on any atom is 0.278 e. The molecule has 25 heavy (non-hydrogen) atoms. The number of fused-ring (bicyclic) bond motifs is 1. The SMILES string of the molecule is CC(C)[C@H](C(=O)N1CCC[C@@H]1C(=O)[O-])n1nnc2ccccc2c1=O. The number of benzene rings is 1. The number of carboxylic acid groups (broad SMARTS) is 1. The molecule has 0 unspecified atom stereocenters. The molecule has 0 radical (unpaired) electrons. The molecule has 3 rings (SSSR count). The summed E-state index contributed by atoms with van der Waals surface area (Å²) in [5.74, 6) is -1.97. The van der Waals surface area contributed by atoms with Gasteiger partial charge in [-0.3, -0.25) is 9.59 Å². The van der Waals surface area contributed by atoms with Gasteiger partial charge < -0.3 is 14.8 Å². The first-order valence-corrected chi connectivity index (χ1v) is 8.27. The second-order valence-corrected chi connectivity index (χ2v) is 6.55. The number of carboxylic acids is 1. The van der Waals surface area contributed by atoms with E-state index in [1.807, 2.05) is 0 Å². The van der Waals surface area contributed by atoms with Crippen LogP contribution in [0.15, 0.2) is 29.1 Å². The number of amides is 1. The molecule has 1 aromatic heterocycles. The van der Waals surface area contributed by atoms with E-state index < -0.39 is 29.5 Å². The van der Waals surface area contributed by atoms with Crippen LogP contribution in [-0.4, -0.2) is 44.4 Å². The first-order valence-electron chi connectivity index (χ1n) is 8.27. The molecular formula is C17H19N4O4-. The molecular weight excluding hydrogens is 324 g/mol. The summed E-state index contributed by atoms with van der Waals surface area (Å²) < 4.78 is 1.07. The zero-order valence-corrected chi connectivity index (χ0v) is 14.1. The number of likely N-dealkylation sites (tertiary alicyclic amines) is 1. The largest absolute Gasteiger partial charge is 0.548 e. The van der Waals surface area contributed by atoms with Crippen molar-refractivity contribution in [2.24, 2.45) is 5.92 Å². The number of rotatable bonds is 4. The van der Waals surface area contributed by atoms with E-state index in [-0.39, 0.29) is 5.92 Å². The van der Waals surface area contributed by atoms with Crippen molar-refractivity contribution in [1.82, 2.24) is 19.9 Å². The Labute approximate surface area is 144 Å². The summed E-state index contributed by atoms with van der Waals surface area (Å²) >= 11 is 0. The Kier molecular flexibility index (Phi) is 4.52. The van der Waals surface area contributed by atoms with Crippen molar-refractivity contribution in [3.05, 3.63) is 34.6 Å². The summed E-state index contributed by atoms with van der Waals surface area (Å²) in [6.45, 7) is 3.91. The Morgan fingerprint density at radius 1 is 1.28 bits per heavy atom. The Hall–Kier alpha value is -2.77. The number of hydrogen-bond donors (Lipinski definition) is 0. The van der Waals surface area contributed by atoms with Crippen molar-refractivity contribution >= 4 is 22.8 Å². The second kappa shape index (κ2) is 6.62. The minimum Gasteiger partial charge on any atom is -0.548 e. The van der Waals surface area contributed by atoms with Crippen molar-refractivity contribution in [2.75, 3.05) is 6.54 Å². The topological polar surface area (TPSA) is 108 Å². The molecule has 132 valence electrons. The third-order valence-corrected chi connectivity index (χ3v) is 4.55. The Morgan fingerprint density at radius 3 is 2.68 bits per heavy atom. The number of nitrogens with zero attached hydrogens (tertiary/aromatic N) is 4. The molecule has 1 fully saturated rings. The van der Waals surface area contributed by atoms with Gasteiger partial charge in [-0.25, -0.2) is 0 Å². The molecule has 0 spiro atoms. The maximum absolute atomic E-state index is 13.0. The van der Waals surface area contributed by atoms with Gasteiger partial charge in [0.15, 0.2) is 0 Å². The highest BCUT2D eigenvalue weighted by Crippen LogP contribution is 2.25. The molecule has 1 aromatic carbocycles. The van der Waals surface area contributed by atoms with Gasteiger partial charge in [0.2, 0.25) is 5.91 Å². The van der Waals surface area contributed by atoms with Crippen LogP contribution in [0.3, 0.4) is 0 Å². The molecule has 0 saturated carbocycles. The molecule has 8 heteroatoms. The fraction of sp³-hybridized carbons (Fsp3) is 0.471. The lowest BCUT2D eigenvalue weighted by molar-refractivity contribution is -0.310. The van der Waals surface area contributed by atoms with Crippen LogP contribution in [0.25, 0.3) is 10.9 Å². The molecule has 1 aliphatic heterocycles. The summed E-state index contributed by atoms with van der Waals surface area (Å²) in [7, 11) is 0. The number of carbonyl (C=O) groups excluding carboxylic acids is 2. The van der Waals surface area contributed by atoms with Crippen LogP contribution in [-0.2, 0) is 9.59 Å². The molecule has 8 nitrogen and oxygen atoms in total. The van der Waals surface area contributed by atoms with Gasteiger partial charge >= 0.3 is 0 Å². The van der Waals surface area contributed by atoms with E-state index >= 15 is 0 Å². The normalized spacial score (nSPS) is 18.7. The van der Waals surface area contributed by atoms with Gasteiger partial charge in [-0.1, -0.05) is 31.2 Å². The molecule has 2 atom stereocenters. The minimum atomic E-state index is -1.27. The van der Waals surface area contributed by atoms with Gasteiger partial charge in [0.1, 0.15) is 11.6 Å². The third kappa shape index (κ3) is 2.99. The predicted molar refractivity (Wildman–Crippen MR) is 87.4 cm³/mol. The molecule has 0 bridgehead atoms. The summed E-state index contributed by atoms with van der Waals surface area (Å²) in [4.78, 5) is 38.3. The zero-order valence-electron chi connectivity index (χ0n) is 14.1. The predicted octanol–water partition coefficient (Wildman–Crippen LogP) is -0.270. The highest BCUT2D eigenvalue weighted by Gasteiger charge is 2.37. The molecule has 1 amide bonds. The number of aromatic nitrogens is 3. The van der Waals surface area contributed by atoms with E-state index in [4.69, 9.17) is 0 Å². The van der Waals surface area contributed by atoms with E-state index in [1.54, 1.807) is 38.1 Å². The molecule has 2 aromatic rings. The number of hydrogen-bond acceptors (Lipinski definition) is 6. The van der Waals surface area contributed by atoms with Crippen LogP contribution in [0.5, 0.6) is 0 Å². The van der Waals surface area contributed by atoms with Crippen LogP contribution in [0.1, 0.15) is 32.7 Å². The van der Waals surface area contributed by atoms with Crippen LogP contribution in [0.4, 0.5) is 0 Å². The third-order valence-electron chi connectivity index (χ3n) is 4.55. The highest BCUT2D eigenvalue weighted by molar-refractivity contribution is 5.86. The smallest absolute Gasteiger partial charge is 0.278 e. The fourth-order valence-corrected chi connectivity index (χ4v) is 3.30. The summed E-state index contributed by atoms with van der Waals surface area (Å²) in [5, 5.41) is 19.6. The lowest BCUT2D eigenvalue weighted by Crippen LogP contribution is -2.51. The van der Waals surface area contributed by atoms with Crippen molar-refractivity contribution < 1.29 is 14.7 Å². The fourth-order valence-electron chi connectivity index (χ4n) is 3.30. The van der Waals surface area contributed by atoms with Gasteiger partial charge in [-0.2, -0.15) is 4.68 Å². The maximum atomic E-state index is 13.0. The van der Waals surface area contributed by atoms with Crippen LogP contribution in [0.2, 0.25) is 0 Å². The zero-order chi connectivity index (χ0) is 18.1. The van der Waals surface area contributed by atoms with Crippen molar-refractivity contribution in [1.29, 1.82) is 0 Å². The van der Waals surface area contributed by atoms with Gasteiger partial charge in [0.05, 0.1) is 17.4 Å².